The quantitative estimate of drug-likeness (QED) is 0.749. The zero-order valence-electron chi connectivity index (χ0n) is 7.73. The Kier molecular flexibility index (Phi) is 3.52. The second kappa shape index (κ2) is 4.46. The van der Waals surface area contributed by atoms with Crippen LogP contribution in [0.2, 0.25) is 0 Å². The fourth-order valence-electron chi connectivity index (χ4n) is 1.12. The van der Waals surface area contributed by atoms with Crippen LogP contribution in [0.15, 0.2) is 12.1 Å². The molecule has 0 unspecified atom stereocenters. The van der Waals surface area contributed by atoms with Crippen LogP contribution in [0.25, 0.3) is 0 Å². The molecule has 0 saturated carbocycles. The molecule has 0 fully saturated rings. The summed E-state index contributed by atoms with van der Waals surface area (Å²) in [5.74, 6) is -3.03. The van der Waals surface area contributed by atoms with Crippen molar-refractivity contribution in [3.05, 3.63) is 35.1 Å². The van der Waals surface area contributed by atoms with Crippen molar-refractivity contribution >= 4 is 0 Å². The molecule has 1 N–H and O–H groups in total. The van der Waals surface area contributed by atoms with E-state index < -0.39 is 23.6 Å². The van der Waals surface area contributed by atoms with Gasteiger partial charge < -0.3 is 5.11 Å². The Hall–Kier alpha value is -1.03. The van der Waals surface area contributed by atoms with Crippen LogP contribution in [0.4, 0.5) is 13.2 Å². The lowest BCUT2D eigenvalue weighted by molar-refractivity contribution is 0.184. The van der Waals surface area contributed by atoms with Crippen molar-refractivity contribution in [3.8, 4) is 0 Å². The zero-order chi connectivity index (χ0) is 10.7. The molecule has 0 heterocycles. The van der Waals surface area contributed by atoms with Crippen LogP contribution in [0.5, 0.6) is 0 Å². The van der Waals surface area contributed by atoms with E-state index >= 15 is 0 Å². The Labute approximate surface area is 80.2 Å². The summed E-state index contributed by atoms with van der Waals surface area (Å²) < 4.78 is 38.2. The number of aryl methyl sites for hydroxylation is 1. The Morgan fingerprint density at radius 3 is 2.29 bits per heavy atom. The van der Waals surface area contributed by atoms with Crippen LogP contribution in [-0.2, 0) is 6.42 Å². The first-order valence-electron chi connectivity index (χ1n) is 4.32. The summed E-state index contributed by atoms with van der Waals surface area (Å²) in [6.07, 6.45) is -0.0644. The molecule has 0 aliphatic carbocycles. The topological polar surface area (TPSA) is 20.2 Å². The van der Waals surface area contributed by atoms with E-state index in [-0.39, 0.29) is 12.0 Å². The molecular formula is C10H11F3O. The van der Waals surface area contributed by atoms with Gasteiger partial charge >= 0.3 is 0 Å². The summed E-state index contributed by atoms with van der Waals surface area (Å²) in [5.41, 5.74) is 0.0878. The fraction of sp³-hybridized carbons (Fsp3) is 0.400. The maximum absolute atomic E-state index is 13.0. The van der Waals surface area contributed by atoms with E-state index in [1.165, 1.54) is 0 Å². The Balaban J connectivity index is 2.82. The third-order valence-electron chi connectivity index (χ3n) is 1.92. The fourth-order valence-corrected chi connectivity index (χ4v) is 1.12. The van der Waals surface area contributed by atoms with Crippen molar-refractivity contribution in [2.75, 3.05) is 0 Å². The SMILES string of the molecule is C[C@H](O)CCc1cc(F)c(F)cc1F. The molecule has 78 valence electrons. The third kappa shape index (κ3) is 2.73. The van der Waals surface area contributed by atoms with E-state index in [4.69, 9.17) is 5.11 Å². The highest BCUT2D eigenvalue weighted by molar-refractivity contribution is 5.20. The van der Waals surface area contributed by atoms with Gasteiger partial charge in [0.15, 0.2) is 11.6 Å². The van der Waals surface area contributed by atoms with Crippen molar-refractivity contribution in [2.45, 2.75) is 25.9 Å². The minimum Gasteiger partial charge on any atom is -0.393 e. The molecule has 1 atom stereocenters. The zero-order valence-corrected chi connectivity index (χ0v) is 7.73. The van der Waals surface area contributed by atoms with Crippen LogP contribution >= 0.6 is 0 Å². The van der Waals surface area contributed by atoms with Crippen molar-refractivity contribution in [1.29, 1.82) is 0 Å². The molecular weight excluding hydrogens is 193 g/mol. The lowest BCUT2D eigenvalue weighted by atomic mass is 10.1. The van der Waals surface area contributed by atoms with Crippen LogP contribution in [0, 0.1) is 17.5 Å². The summed E-state index contributed by atoms with van der Waals surface area (Å²) in [5, 5.41) is 8.94. The maximum atomic E-state index is 13.0. The molecule has 0 aliphatic rings. The Morgan fingerprint density at radius 2 is 1.71 bits per heavy atom. The molecule has 14 heavy (non-hydrogen) atoms. The summed E-state index contributed by atoms with van der Waals surface area (Å²) in [6, 6.07) is 1.35. The lowest BCUT2D eigenvalue weighted by Gasteiger charge is -2.05. The predicted octanol–water partition coefficient (Wildman–Crippen LogP) is 2.42. The number of hydrogen-bond acceptors (Lipinski definition) is 1. The first kappa shape index (κ1) is 11.0. The summed E-state index contributed by atoms with van der Waals surface area (Å²) in [7, 11) is 0. The van der Waals surface area contributed by atoms with Gasteiger partial charge in [0, 0.05) is 6.07 Å². The number of benzene rings is 1. The average Bonchev–Trinajstić information content (AvgIpc) is 2.09. The molecule has 0 aliphatic heterocycles. The van der Waals surface area contributed by atoms with Gasteiger partial charge in [-0.3, -0.25) is 0 Å². The third-order valence-corrected chi connectivity index (χ3v) is 1.92. The van der Waals surface area contributed by atoms with E-state index in [1.54, 1.807) is 6.92 Å². The molecule has 1 aromatic carbocycles. The van der Waals surface area contributed by atoms with Gasteiger partial charge in [-0.05, 0) is 31.4 Å². The monoisotopic (exact) mass is 204 g/mol. The predicted molar refractivity (Wildman–Crippen MR) is 46.3 cm³/mol. The van der Waals surface area contributed by atoms with Crippen LogP contribution in [-0.4, -0.2) is 11.2 Å². The van der Waals surface area contributed by atoms with E-state index in [0.717, 1.165) is 6.07 Å². The van der Waals surface area contributed by atoms with Crippen molar-refractivity contribution in [1.82, 2.24) is 0 Å². The van der Waals surface area contributed by atoms with Gasteiger partial charge in [0.2, 0.25) is 0 Å². The smallest absolute Gasteiger partial charge is 0.161 e. The highest BCUT2D eigenvalue weighted by Crippen LogP contribution is 2.15. The first-order chi connectivity index (χ1) is 6.50. The summed E-state index contributed by atoms with van der Waals surface area (Å²) >= 11 is 0. The molecule has 1 rings (SSSR count). The standard InChI is InChI=1S/C10H11F3O/c1-6(14)2-3-7-4-9(12)10(13)5-8(7)11/h4-6,14H,2-3H2,1H3/t6-/m0/s1. The minimum atomic E-state index is -1.19. The molecule has 4 heteroatoms. The molecule has 1 nitrogen and oxygen atoms in total. The van der Waals surface area contributed by atoms with Gasteiger partial charge in [-0.2, -0.15) is 0 Å². The molecule has 1 aromatic rings. The average molecular weight is 204 g/mol. The normalized spacial score (nSPS) is 12.9. The van der Waals surface area contributed by atoms with E-state index in [2.05, 4.69) is 0 Å². The highest BCUT2D eigenvalue weighted by atomic mass is 19.2. The lowest BCUT2D eigenvalue weighted by Crippen LogP contribution is -2.03. The largest absolute Gasteiger partial charge is 0.393 e. The van der Waals surface area contributed by atoms with Gasteiger partial charge in [0.05, 0.1) is 6.10 Å². The number of halogens is 3. The number of rotatable bonds is 3. The molecule has 0 saturated heterocycles. The molecule has 0 bridgehead atoms. The van der Waals surface area contributed by atoms with Gasteiger partial charge in [0.1, 0.15) is 5.82 Å². The van der Waals surface area contributed by atoms with E-state index in [1.807, 2.05) is 0 Å². The van der Waals surface area contributed by atoms with Gasteiger partial charge in [0.25, 0.3) is 0 Å². The van der Waals surface area contributed by atoms with Crippen molar-refractivity contribution < 1.29 is 18.3 Å². The van der Waals surface area contributed by atoms with Gasteiger partial charge in [-0.1, -0.05) is 0 Å². The van der Waals surface area contributed by atoms with E-state index in [0.29, 0.717) is 12.5 Å². The summed E-state index contributed by atoms with van der Waals surface area (Å²) in [4.78, 5) is 0. The highest BCUT2D eigenvalue weighted by Gasteiger charge is 2.10. The van der Waals surface area contributed by atoms with Crippen LogP contribution in [0.1, 0.15) is 18.9 Å². The Morgan fingerprint density at radius 1 is 1.14 bits per heavy atom. The second-order valence-electron chi connectivity index (χ2n) is 3.25. The maximum Gasteiger partial charge on any atom is 0.161 e. The number of hydrogen-bond donors (Lipinski definition) is 1. The molecule has 0 spiro atoms. The Bertz CT molecular complexity index is 323. The molecule has 0 aromatic heterocycles. The minimum absolute atomic E-state index is 0.0878. The number of aliphatic hydroxyl groups is 1. The number of aliphatic hydroxyl groups excluding tert-OH is 1. The molecule has 0 radical (unpaired) electrons. The first-order valence-corrected chi connectivity index (χ1v) is 4.32. The van der Waals surface area contributed by atoms with Crippen LogP contribution < -0.4 is 0 Å². The molecule has 0 amide bonds. The van der Waals surface area contributed by atoms with Gasteiger partial charge in [-0.15, -0.1) is 0 Å². The van der Waals surface area contributed by atoms with Crippen LogP contribution in [0.3, 0.4) is 0 Å². The van der Waals surface area contributed by atoms with E-state index in [9.17, 15) is 13.2 Å². The second-order valence-corrected chi connectivity index (χ2v) is 3.25. The van der Waals surface area contributed by atoms with Crippen molar-refractivity contribution in [2.24, 2.45) is 0 Å². The van der Waals surface area contributed by atoms with Gasteiger partial charge in [-0.25, -0.2) is 13.2 Å². The summed E-state index contributed by atoms with van der Waals surface area (Å²) in [6.45, 7) is 1.55. The van der Waals surface area contributed by atoms with Crippen molar-refractivity contribution in [3.63, 3.8) is 0 Å².